The molecule has 0 N–H and O–H groups in total. The minimum absolute atomic E-state index is 0.109. The zero-order valence-corrected chi connectivity index (χ0v) is 25.4. The zero-order chi connectivity index (χ0) is 31.0. The molecule has 44 heavy (non-hydrogen) atoms. The van der Waals surface area contributed by atoms with Crippen LogP contribution in [0.5, 0.6) is 6.01 Å². The Hall–Kier alpha value is -4.82. The molecule has 6 rings (SSSR count). The van der Waals surface area contributed by atoms with E-state index in [-0.39, 0.29) is 41.5 Å². The fourth-order valence-electron chi connectivity index (χ4n) is 6.50. The Bertz CT molecular complexity index is 1860. The van der Waals surface area contributed by atoms with Gasteiger partial charge in [-0.1, -0.05) is 36.9 Å². The third-order valence-corrected chi connectivity index (χ3v) is 8.82. The number of piperazine rings is 1. The molecule has 226 valence electrons. The second-order valence-corrected chi connectivity index (χ2v) is 11.6. The number of hydrogen-bond acceptors (Lipinski definition) is 9. The van der Waals surface area contributed by atoms with Crippen LogP contribution in [0, 0.1) is 25.2 Å². The summed E-state index contributed by atoms with van der Waals surface area (Å²) in [5, 5.41) is 11.5. The van der Waals surface area contributed by atoms with Crippen LogP contribution in [-0.2, 0) is 4.79 Å². The minimum Gasteiger partial charge on any atom is -0.462 e. The summed E-state index contributed by atoms with van der Waals surface area (Å²) in [5.74, 6) is 0.739. The van der Waals surface area contributed by atoms with Gasteiger partial charge in [-0.15, -0.1) is 0 Å². The lowest BCUT2D eigenvalue weighted by Gasteiger charge is -2.40. The minimum atomic E-state index is -0.374. The first-order valence-electron chi connectivity index (χ1n) is 15.0. The number of hydrogen-bond donors (Lipinski definition) is 0. The maximum atomic E-state index is 14.4. The van der Waals surface area contributed by atoms with Crippen molar-refractivity contribution in [1.82, 2.24) is 29.3 Å². The van der Waals surface area contributed by atoms with Crippen molar-refractivity contribution in [3.63, 3.8) is 0 Å². The van der Waals surface area contributed by atoms with E-state index in [2.05, 4.69) is 29.6 Å². The maximum Gasteiger partial charge on any atom is 0.319 e. The van der Waals surface area contributed by atoms with E-state index in [1.54, 1.807) is 16.4 Å². The van der Waals surface area contributed by atoms with Gasteiger partial charge in [-0.3, -0.25) is 14.2 Å². The lowest BCUT2D eigenvalue weighted by Crippen LogP contribution is -2.55. The second kappa shape index (κ2) is 12.1. The largest absolute Gasteiger partial charge is 0.462 e. The Morgan fingerprint density at radius 1 is 1.09 bits per heavy atom. The molecule has 11 heteroatoms. The fourth-order valence-corrected chi connectivity index (χ4v) is 6.50. The predicted octanol–water partition coefficient (Wildman–Crippen LogP) is 3.54. The summed E-state index contributed by atoms with van der Waals surface area (Å²) in [5.41, 5.74) is 1.99. The van der Waals surface area contributed by atoms with Crippen LogP contribution in [0.1, 0.15) is 30.7 Å². The van der Waals surface area contributed by atoms with Crippen LogP contribution < -0.4 is 15.2 Å². The molecule has 0 saturated carbocycles. The van der Waals surface area contributed by atoms with Crippen molar-refractivity contribution < 1.29 is 9.53 Å². The number of benzene rings is 2. The van der Waals surface area contributed by atoms with Gasteiger partial charge < -0.3 is 19.4 Å². The van der Waals surface area contributed by atoms with Crippen LogP contribution >= 0.6 is 0 Å². The Labute approximate surface area is 256 Å². The average Bonchev–Trinajstić information content (AvgIpc) is 3.44. The molecule has 0 bridgehead atoms. The van der Waals surface area contributed by atoms with Gasteiger partial charge in [-0.2, -0.15) is 15.2 Å². The van der Waals surface area contributed by atoms with Crippen LogP contribution in [0.15, 0.2) is 53.8 Å². The first-order valence-corrected chi connectivity index (χ1v) is 15.0. The summed E-state index contributed by atoms with van der Waals surface area (Å²) in [7, 11) is 2.07. The van der Waals surface area contributed by atoms with Gasteiger partial charge in [0.25, 0.3) is 5.56 Å². The van der Waals surface area contributed by atoms with Crippen LogP contribution in [0.4, 0.5) is 5.82 Å². The smallest absolute Gasteiger partial charge is 0.319 e. The van der Waals surface area contributed by atoms with Gasteiger partial charge >= 0.3 is 6.01 Å². The molecule has 0 unspecified atom stereocenters. The molecule has 2 atom stereocenters. The standard InChI is InChI=1S/C33H36N8O3/c1-5-27(42)40-18-17-39(19-24(40)14-15-34)31-29-30(36-33(37-31)44-20-25-12-8-16-38(25)4)32(43)41(22(3)35-29)26-13-7-11-23-10-6-9-21(2)28(23)26/h5-7,9-11,13,24-25H,1,8,12,14,16-20H2,2-4H3/t24-,25-/m0/s1. The number of rotatable bonds is 7. The fraction of sp³-hybridized carbons (Fsp3) is 0.394. The Balaban J connectivity index is 1.50. The summed E-state index contributed by atoms with van der Waals surface area (Å²) < 4.78 is 7.79. The molecule has 0 spiro atoms. The number of fused-ring (bicyclic) bond motifs is 2. The predicted molar refractivity (Wildman–Crippen MR) is 169 cm³/mol. The third-order valence-electron chi connectivity index (χ3n) is 8.82. The monoisotopic (exact) mass is 592 g/mol. The summed E-state index contributed by atoms with van der Waals surface area (Å²) in [4.78, 5) is 47.2. The first-order chi connectivity index (χ1) is 21.3. The van der Waals surface area contributed by atoms with Gasteiger partial charge in [0.05, 0.1) is 24.2 Å². The molecule has 0 radical (unpaired) electrons. The highest BCUT2D eigenvalue weighted by Gasteiger charge is 2.32. The van der Waals surface area contributed by atoms with Crippen molar-refractivity contribution >= 4 is 33.5 Å². The van der Waals surface area contributed by atoms with Gasteiger partial charge in [-0.25, -0.2) is 4.98 Å². The van der Waals surface area contributed by atoms with Crippen molar-refractivity contribution in [3.05, 3.63) is 70.8 Å². The van der Waals surface area contributed by atoms with Gasteiger partial charge in [-0.05, 0) is 63.4 Å². The van der Waals surface area contributed by atoms with E-state index < -0.39 is 0 Å². The summed E-state index contributed by atoms with van der Waals surface area (Å²) in [6, 6.07) is 14.1. The Kier molecular flexibility index (Phi) is 8.01. The summed E-state index contributed by atoms with van der Waals surface area (Å²) in [6.45, 7) is 10.0. The van der Waals surface area contributed by atoms with E-state index in [1.807, 2.05) is 48.2 Å². The first kappa shape index (κ1) is 29.3. The number of amides is 1. The number of aromatic nitrogens is 4. The number of carbonyl (C=O) groups is 1. The molecule has 11 nitrogen and oxygen atoms in total. The van der Waals surface area contributed by atoms with E-state index in [9.17, 15) is 14.9 Å². The number of ether oxygens (including phenoxy) is 1. The highest BCUT2D eigenvalue weighted by Crippen LogP contribution is 2.30. The quantitative estimate of drug-likeness (QED) is 0.297. The lowest BCUT2D eigenvalue weighted by molar-refractivity contribution is -0.128. The van der Waals surface area contributed by atoms with Gasteiger partial charge in [0.15, 0.2) is 11.3 Å². The Morgan fingerprint density at radius 2 is 1.89 bits per heavy atom. The molecule has 2 aromatic heterocycles. The van der Waals surface area contributed by atoms with Crippen molar-refractivity contribution in [3.8, 4) is 17.8 Å². The topological polar surface area (TPSA) is 120 Å². The van der Waals surface area contributed by atoms with Gasteiger partial charge in [0.1, 0.15) is 17.9 Å². The number of aryl methyl sites for hydroxylation is 2. The Morgan fingerprint density at radius 3 is 2.61 bits per heavy atom. The van der Waals surface area contributed by atoms with Crippen molar-refractivity contribution in [1.29, 1.82) is 5.26 Å². The van der Waals surface area contributed by atoms with Crippen LogP contribution in [0.3, 0.4) is 0 Å². The molecule has 2 saturated heterocycles. The number of anilines is 1. The third kappa shape index (κ3) is 5.26. The van der Waals surface area contributed by atoms with E-state index >= 15 is 0 Å². The van der Waals surface area contributed by atoms with Crippen LogP contribution in [-0.4, -0.2) is 87.1 Å². The van der Waals surface area contributed by atoms with Crippen molar-refractivity contribution in [2.24, 2.45) is 0 Å². The highest BCUT2D eigenvalue weighted by atomic mass is 16.5. The maximum absolute atomic E-state index is 14.4. The molecule has 2 aliphatic heterocycles. The number of likely N-dealkylation sites (tertiary alicyclic amines) is 1. The SMILES string of the molecule is C=CC(=O)N1CCN(c2nc(OC[C@@H]3CCCN3C)nc3c(=O)n(-c4cccc5cccc(C)c45)c(C)nc23)C[C@@H]1CC#N. The normalized spacial score (nSPS) is 19.0. The summed E-state index contributed by atoms with van der Waals surface area (Å²) in [6.07, 6.45) is 3.53. The van der Waals surface area contributed by atoms with Crippen molar-refractivity contribution in [2.45, 2.75) is 45.2 Å². The molecule has 2 aliphatic rings. The van der Waals surface area contributed by atoms with E-state index in [0.717, 1.165) is 41.4 Å². The number of nitrogens with zero attached hydrogens (tertiary/aromatic N) is 8. The zero-order valence-electron chi connectivity index (χ0n) is 25.4. The van der Waals surface area contributed by atoms with Crippen molar-refractivity contribution in [2.75, 3.05) is 44.7 Å². The molecule has 2 fully saturated rings. The molecule has 0 aliphatic carbocycles. The molecular formula is C33H36N8O3. The second-order valence-electron chi connectivity index (χ2n) is 11.6. The van der Waals surface area contributed by atoms with Crippen LogP contribution in [0.2, 0.25) is 0 Å². The van der Waals surface area contributed by atoms with Gasteiger partial charge in [0, 0.05) is 31.1 Å². The molecular weight excluding hydrogens is 556 g/mol. The van der Waals surface area contributed by atoms with Gasteiger partial charge in [0.2, 0.25) is 5.91 Å². The van der Waals surface area contributed by atoms with E-state index in [0.29, 0.717) is 43.4 Å². The van der Waals surface area contributed by atoms with E-state index in [1.165, 1.54) is 6.08 Å². The lowest BCUT2D eigenvalue weighted by atomic mass is 10.0. The molecule has 2 aromatic carbocycles. The highest BCUT2D eigenvalue weighted by molar-refractivity contribution is 5.94. The van der Waals surface area contributed by atoms with E-state index in [4.69, 9.17) is 14.7 Å². The molecule has 4 heterocycles. The number of likely N-dealkylation sites (N-methyl/N-ethyl adjacent to an activating group) is 1. The molecule has 1 amide bonds. The number of nitriles is 1. The van der Waals surface area contributed by atoms with Crippen LogP contribution in [0.25, 0.3) is 27.5 Å². The average molecular weight is 593 g/mol. The number of carbonyl (C=O) groups excluding carboxylic acids is 1. The molecule has 4 aromatic rings. The summed E-state index contributed by atoms with van der Waals surface area (Å²) >= 11 is 0.